The van der Waals surface area contributed by atoms with Gasteiger partial charge >= 0.3 is 18.0 Å². The van der Waals surface area contributed by atoms with E-state index in [9.17, 15) is 23.9 Å². The van der Waals surface area contributed by atoms with Gasteiger partial charge in [0.25, 0.3) is 0 Å². The van der Waals surface area contributed by atoms with Crippen LogP contribution in [0.3, 0.4) is 0 Å². The number of nitrogens with zero attached hydrogens (tertiary/aromatic N) is 6. The molecule has 2 amide bonds. The third-order valence-corrected chi connectivity index (χ3v) is 10.1. The first kappa shape index (κ1) is 31.4. The molecule has 4 atom stereocenters. The number of piperazine rings is 1. The quantitative estimate of drug-likeness (QED) is 0.411. The Labute approximate surface area is 269 Å². The molecule has 0 aliphatic carbocycles. The highest BCUT2D eigenvalue weighted by Gasteiger charge is 2.48. The number of ether oxygens (including phenoxy) is 1. The van der Waals surface area contributed by atoms with Crippen LogP contribution in [0, 0.1) is 5.82 Å². The SMILES string of the molecule is COC(=O)C1=C(CN2CCN3C(=O)N([C@H]4C[C@H](C(=O)O)N(C(C)C)C4)C[C@@H]3C2)NC(c2nccs2)=N[C@H]1c1ccc(F)cc1Cl. The fraction of sp³-hybridized carbons (Fsp3) is 0.500. The number of carbonyl (C=O) groups excluding carboxylic acids is 2. The molecule has 3 fully saturated rings. The van der Waals surface area contributed by atoms with E-state index >= 15 is 0 Å². The largest absolute Gasteiger partial charge is 0.480 e. The maximum atomic E-state index is 14.0. The van der Waals surface area contributed by atoms with Gasteiger partial charge in [-0.2, -0.15) is 0 Å². The van der Waals surface area contributed by atoms with Crippen LogP contribution < -0.4 is 5.32 Å². The highest BCUT2D eigenvalue weighted by Crippen LogP contribution is 2.37. The maximum Gasteiger partial charge on any atom is 0.338 e. The van der Waals surface area contributed by atoms with Gasteiger partial charge in [-0.05, 0) is 32.4 Å². The van der Waals surface area contributed by atoms with Gasteiger partial charge in [0.15, 0.2) is 10.8 Å². The molecular weight excluding hydrogens is 625 g/mol. The molecule has 12 nitrogen and oxygen atoms in total. The molecule has 5 heterocycles. The summed E-state index contributed by atoms with van der Waals surface area (Å²) in [6, 6.07) is 2.24. The molecule has 6 rings (SSSR count). The van der Waals surface area contributed by atoms with Crippen molar-refractivity contribution in [3.8, 4) is 0 Å². The highest BCUT2D eigenvalue weighted by atomic mass is 35.5. The Balaban J connectivity index is 1.25. The van der Waals surface area contributed by atoms with Gasteiger partial charge in [-0.15, -0.1) is 11.3 Å². The molecule has 0 unspecified atom stereocenters. The molecule has 0 spiro atoms. The summed E-state index contributed by atoms with van der Waals surface area (Å²) >= 11 is 7.86. The van der Waals surface area contributed by atoms with Crippen LogP contribution in [0.2, 0.25) is 5.02 Å². The van der Waals surface area contributed by atoms with Gasteiger partial charge in [-0.25, -0.2) is 19.0 Å². The minimum absolute atomic E-state index is 0.0542. The monoisotopic (exact) mass is 659 g/mol. The average Bonchev–Trinajstić information content (AvgIpc) is 3.76. The number of urea groups is 1. The van der Waals surface area contributed by atoms with Crippen molar-refractivity contribution < 1.29 is 28.6 Å². The van der Waals surface area contributed by atoms with E-state index in [1.54, 1.807) is 6.20 Å². The summed E-state index contributed by atoms with van der Waals surface area (Å²) in [6.07, 6.45) is 2.06. The van der Waals surface area contributed by atoms with Crippen LogP contribution in [-0.4, -0.2) is 124 Å². The van der Waals surface area contributed by atoms with E-state index in [-0.39, 0.29) is 34.8 Å². The Morgan fingerprint density at radius 1 is 1.20 bits per heavy atom. The summed E-state index contributed by atoms with van der Waals surface area (Å²) in [5, 5.41) is 15.7. The first-order valence-electron chi connectivity index (χ1n) is 14.8. The highest BCUT2D eigenvalue weighted by molar-refractivity contribution is 7.11. The van der Waals surface area contributed by atoms with Crippen LogP contribution in [0.1, 0.15) is 36.9 Å². The summed E-state index contributed by atoms with van der Waals surface area (Å²) in [5.41, 5.74) is 1.28. The number of nitrogens with one attached hydrogen (secondary N) is 1. The second kappa shape index (κ2) is 12.7. The zero-order chi connectivity index (χ0) is 32.0. The molecule has 4 aliphatic heterocycles. The molecule has 15 heteroatoms. The van der Waals surface area contributed by atoms with Crippen LogP contribution >= 0.6 is 22.9 Å². The van der Waals surface area contributed by atoms with Crippen molar-refractivity contribution in [2.75, 3.05) is 46.4 Å². The first-order chi connectivity index (χ1) is 21.5. The number of likely N-dealkylation sites (tertiary alicyclic amines) is 1. The number of amides is 2. The molecule has 2 aromatic rings. The summed E-state index contributed by atoms with van der Waals surface area (Å²) in [7, 11) is 1.30. The standard InChI is InChI=1S/C30H35ClFN7O5S/c1-16(2)38-13-18(11-23(38)28(40)41)39-14-19-12-36(7-8-37(19)30(39)43)15-22-24(29(42)44-3)25(20-5-4-17(32)10-21(20)31)35-26(34-22)27-33-6-9-45-27/h4-6,9-10,16,18-19,23,25H,7-8,11-15H2,1-3H3,(H,34,35)(H,40,41)/t18-,19-,23+,25-/m0/s1. The number of thiazole rings is 1. The molecule has 3 saturated heterocycles. The van der Waals surface area contributed by atoms with Crippen LogP contribution in [0.5, 0.6) is 0 Å². The van der Waals surface area contributed by atoms with Gasteiger partial charge in [0.1, 0.15) is 17.9 Å². The third-order valence-electron chi connectivity index (χ3n) is 8.98. The average molecular weight is 660 g/mol. The van der Waals surface area contributed by atoms with Crippen molar-refractivity contribution in [3.63, 3.8) is 0 Å². The van der Waals surface area contributed by atoms with Crippen molar-refractivity contribution in [1.82, 2.24) is 29.9 Å². The molecule has 1 aromatic heterocycles. The molecule has 2 N–H and O–H groups in total. The molecule has 0 bridgehead atoms. The number of methoxy groups -OCH3 is 1. The number of aliphatic imine (C=N–C) groups is 1. The van der Waals surface area contributed by atoms with E-state index in [2.05, 4.69) is 15.2 Å². The number of hydrogen-bond acceptors (Lipinski definition) is 10. The number of amidine groups is 1. The number of aromatic nitrogens is 1. The fourth-order valence-electron chi connectivity index (χ4n) is 6.82. The molecule has 45 heavy (non-hydrogen) atoms. The van der Waals surface area contributed by atoms with E-state index in [0.29, 0.717) is 67.8 Å². The summed E-state index contributed by atoms with van der Waals surface area (Å²) in [5.74, 6) is -1.49. The fourth-order valence-corrected chi connectivity index (χ4v) is 7.67. The number of carboxylic acids is 1. The van der Waals surface area contributed by atoms with Crippen LogP contribution in [0.15, 0.2) is 46.0 Å². The van der Waals surface area contributed by atoms with Crippen molar-refractivity contribution in [3.05, 3.63) is 62.5 Å². The Morgan fingerprint density at radius 3 is 2.64 bits per heavy atom. The Kier molecular flexibility index (Phi) is 8.83. The van der Waals surface area contributed by atoms with Crippen molar-refractivity contribution >= 4 is 46.7 Å². The van der Waals surface area contributed by atoms with Crippen LogP contribution in [0.4, 0.5) is 9.18 Å². The number of benzene rings is 1. The summed E-state index contributed by atoms with van der Waals surface area (Å²) in [4.78, 5) is 55.8. The van der Waals surface area contributed by atoms with E-state index < -0.39 is 29.8 Å². The molecule has 0 saturated carbocycles. The van der Waals surface area contributed by atoms with Gasteiger partial charge in [0, 0.05) is 79.2 Å². The normalized spacial score (nSPS) is 25.9. The lowest BCUT2D eigenvalue weighted by Gasteiger charge is -2.38. The van der Waals surface area contributed by atoms with Gasteiger partial charge in [-0.1, -0.05) is 17.7 Å². The second-order valence-corrected chi connectivity index (χ2v) is 13.2. The molecule has 240 valence electrons. The number of esters is 1. The maximum absolute atomic E-state index is 14.0. The van der Waals surface area contributed by atoms with Crippen molar-refractivity contribution in [2.45, 2.75) is 50.5 Å². The molecule has 0 radical (unpaired) electrons. The zero-order valence-electron chi connectivity index (χ0n) is 25.2. The van der Waals surface area contributed by atoms with Gasteiger partial charge in [0.2, 0.25) is 0 Å². The lowest BCUT2D eigenvalue weighted by molar-refractivity contribution is -0.142. The van der Waals surface area contributed by atoms with Gasteiger partial charge < -0.3 is 25.0 Å². The van der Waals surface area contributed by atoms with Crippen LogP contribution in [0.25, 0.3) is 0 Å². The second-order valence-electron chi connectivity index (χ2n) is 11.9. The molecule has 4 aliphatic rings. The topological polar surface area (TPSA) is 131 Å². The number of halogens is 2. The number of hydrogen-bond donors (Lipinski definition) is 2. The smallest absolute Gasteiger partial charge is 0.338 e. The van der Waals surface area contributed by atoms with E-state index in [0.717, 1.165) is 0 Å². The van der Waals surface area contributed by atoms with Crippen molar-refractivity contribution in [1.29, 1.82) is 0 Å². The lowest BCUT2D eigenvalue weighted by atomic mass is 9.95. The number of carboxylic acid groups (broad SMARTS) is 1. The van der Waals surface area contributed by atoms with Crippen LogP contribution in [-0.2, 0) is 14.3 Å². The van der Waals surface area contributed by atoms with E-state index in [1.165, 1.54) is 36.6 Å². The summed E-state index contributed by atoms with van der Waals surface area (Å²) < 4.78 is 19.2. The first-order valence-corrected chi connectivity index (χ1v) is 16.1. The number of rotatable bonds is 8. The molecular formula is C30H35ClFN7O5S. The molecule has 1 aromatic carbocycles. The van der Waals surface area contributed by atoms with Gasteiger partial charge in [0.05, 0.1) is 18.7 Å². The zero-order valence-corrected chi connectivity index (χ0v) is 26.7. The number of aliphatic carboxylic acids is 1. The Hall–Kier alpha value is -3.59. The van der Waals surface area contributed by atoms with Gasteiger partial charge in [-0.3, -0.25) is 19.6 Å². The third kappa shape index (κ3) is 6.03. The number of fused-ring (bicyclic) bond motifs is 1. The summed E-state index contributed by atoms with van der Waals surface area (Å²) in [6.45, 7) is 6.89. The minimum Gasteiger partial charge on any atom is -0.480 e. The minimum atomic E-state index is -0.864. The Bertz CT molecular complexity index is 1550. The van der Waals surface area contributed by atoms with E-state index in [4.69, 9.17) is 21.3 Å². The predicted octanol–water partition coefficient (Wildman–Crippen LogP) is 2.81. The predicted molar refractivity (Wildman–Crippen MR) is 166 cm³/mol. The van der Waals surface area contributed by atoms with Crippen molar-refractivity contribution in [2.24, 2.45) is 4.99 Å². The Morgan fingerprint density at radius 2 is 2.00 bits per heavy atom. The number of carbonyl (C=O) groups is 3. The lowest BCUT2D eigenvalue weighted by Crippen LogP contribution is -2.53. The van der Waals surface area contributed by atoms with E-state index in [1.807, 2.05) is 33.9 Å².